The molecule has 2 aliphatic rings. The standard InChI is InChI=1S/C20H29N3O2/c24-20(19-5-2-1-3-6-19)23(17-18-7-9-21-10-8-18)12-4-11-22-13-15-25-16-14-22/h1-2,7-10,19H,3-6,11-17H2/t19-/m1/s1. The van der Waals surface area contributed by atoms with E-state index in [2.05, 4.69) is 26.9 Å². The quantitative estimate of drug-likeness (QED) is 0.714. The molecule has 1 aliphatic heterocycles. The molecule has 5 heteroatoms. The summed E-state index contributed by atoms with van der Waals surface area (Å²) in [5, 5.41) is 0. The summed E-state index contributed by atoms with van der Waals surface area (Å²) in [6.45, 7) is 6.21. The van der Waals surface area contributed by atoms with Crippen LogP contribution in [0.2, 0.25) is 0 Å². The van der Waals surface area contributed by atoms with Crippen LogP contribution in [-0.4, -0.2) is 60.1 Å². The van der Waals surface area contributed by atoms with Crippen molar-refractivity contribution in [1.29, 1.82) is 0 Å². The second kappa shape index (κ2) is 9.68. The van der Waals surface area contributed by atoms with Gasteiger partial charge in [-0.1, -0.05) is 12.2 Å². The fraction of sp³-hybridized carbons (Fsp3) is 0.600. The van der Waals surface area contributed by atoms with Crippen molar-refractivity contribution in [1.82, 2.24) is 14.8 Å². The molecule has 1 saturated heterocycles. The van der Waals surface area contributed by atoms with Gasteiger partial charge in [0.1, 0.15) is 0 Å². The molecule has 1 atom stereocenters. The Bertz CT molecular complexity index is 555. The van der Waals surface area contributed by atoms with E-state index in [-0.39, 0.29) is 5.92 Å². The lowest BCUT2D eigenvalue weighted by atomic mass is 9.93. The maximum Gasteiger partial charge on any atom is 0.226 e. The number of carbonyl (C=O) groups is 1. The highest BCUT2D eigenvalue weighted by Crippen LogP contribution is 2.22. The van der Waals surface area contributed by atoms with E-state index in [1.807, 2.05) is 12.1 Å². The zero-order valence-electron chi connectivity index (χ0n) is 15.0. The van der Waals surface area contributed by atoms with Crippen LogP contribution >= 0.6 is 0 Å². The molecule has 1 aliphatic carbocycles. The number of hydrogen-bond donors (Lipinski definition) is 0. The summed E-state index contributed by atoms with van der Waals surface area (Å²) in [4.78, 5) is 21.6. The van der Waals surface area contributed by atoms with Gasteiger partial charge in [-0.05, 0) is 43.4 Å². The van der Waals surface area contributed by atoms with Gasteiger partial charge >= 0.3 is 0 Å². The van der Waals surface area contributed by atoms with E-state index in [1.54, 1.807) is 12.4 Å². The Morgan fingerprint density at radius 2 is 2.04 bits per heavy atom. The second-order valence-electron chi connectivity index (χ2n) is 6.90. The van der Waals surface area contributed by atoms with Gasteiger partial charge in [0.05, 0.1) is 13.2 Å². The summed E-state index contributed by atoms with van der Waals surface area (Å²) in [5.41, 5.74) is 1.15. The lowest BCUT2D eigenvalue weighted by Gasteiger charge is -2.30. The normalized spacial score (nSPS) is 21.2. The Morgan fingerprint density at radius 3 is 2.76 bits per heavy atom. The average molecular weight is 343 g/mol. The van der Waals surface area contributed by atoms with Crippen molar-refractivity contribution in [3.05, 3.63) is 42.2 Å². The highest BCUT2D eigenvalue weighted by Gasteiger charge is 2.24. The van der Waals surface area contributed by atoms with E-state index in [9.17, 15) is 4.79 Å². The molecule has 5 nitrogen and oxygen atoms in total. The van der Waals surface area contributed by atoms with Crippen LogP contribution in [0.3, 0.4) is 0 Å². The third kappa shape index (κ3) is 5.65. The summed E-state index contributed by atoms with van der Waals surface area (Å²) in [6.07, 6.45) is 11.8. The maximum atomic E-state index is 13.0. The van der Waals surface area contributed by atoms with Crippen LogP contribution in [0.1, 0.15) is 31.2 Å². The molecule has 25 heavy (non-hydrogen) atoms. The van der Waals surface area contributed by atoms with Gasteiger partial charge in [-0.25, -0.2) is 0 Å². The van der Waals surface area contributed by atoms with Crippen LogP contribution in [0.25, 0.3) is 0 Å². The fourth-order valence-electron chi connectivity index (χ4n) is 3.56. The number of nitrogens with zero attached hydrogens (tertiary/aromatic N) is 3. The Hall–Kier alpha value is -1.72. The number of aromatic nitrogens is 1. The number of allylic oxidation sites excluding steroid dienone is 2. The smallest absolute Gasteiger partial charge is 0.226 e. The minimum absolute atomic E-state index is 0.148. The van der Waals surface area contributed by atoms with E-state index >= 15 is 0 Å². The third-order valence-electron chi connectivity index (χ3n) is 5.06. The predicted octanol–water partition coefficient (Wildman–Crippen LogP) is 2.49. The van der Waals surface area contributed by atoms with Crippen LogP contribution in [0, 0.1) is 5.92 Å². The van der Waals surface area contributed by atoms with E-state index in [1.165, 1.54) is 0 Å². The van der Waals surface area contributed by atoms with Crippen molar-refractivity contribution < 1.29 is 9.53 Å². The first-order chi connectivity index (χ1) is 12.3. The summed E-state index contributed by atoms with van der Waals surface area (Å²) in [7, 11) is 0. The van der Waals surface area contributed by atoms with Gasteiger partial charge in [0.2, 0.25) is 5.91 Å². The van der Waals surface area contributed by atoms with Crippen molar-refractivity contribution in [3.63, 3.8) is 0 Å². The molecule has 0 aromatic carbocycles. The second-order valence-corrected chi connectivity index (χ2v) is 6.90. The maximum absolute atomic E-state index is 13.0. The molecule has 0 unspecified atom stereocenters. The van der Waals surface area contributed by atoms with Crippen molar-refractivity contribution in [2.75, 3.05) is 39.4 Å². The number of hydrogen-bond acceptors (Lipinski definition) is 4. The van der Waals surface area contributed by atoms with Crippen molar-refractivity contribution in [3.8, 4) is 0 Å². The highest BCUT2D eigenvalue weighted by atomic mass is 16.5. The molecule has 0 N–H and O–H groups in total. The van der Waals surface area contributed by atoms with Gasteiger partial charge in [0, 0.05) is 51.0 Å². The molecule has 2 heterocycles. The lowest BCUT2D eigenvalue weighted by molar-refractivity contribution is -0.136. The lowest BCUT2D eigenvalue weighted by Crippen LogP contribution is -2.40. The van der Waals surface area contributed by atoms with E-state index in [0.29, 0.717) is 12.5 Å². The van der Waals surface area contributed by atoms with Crippen molar-refractivity contribution in [2.24, 2.45) is 5.92 Å². The van der Waals surface area contributed by atoms with Gasteiger partial charge in [-0.15, -0.1) is 0 Å². The largest absolute Gasteiger partial charge is 0.379 e. The molecule has 3 rings (SSSR count). The number of amides is 1. The molecular formula is C20H29N3O2. The topological polar surface area (TPSA) is 45.7 Å². The van der Waals surface area contributed by atoms with Crippen LogP contribution in [0.5, 0.6) is 0 Å². The molecular weight excluding hydrogens is 314 g/mol. The number of carbonyl (C=O) groups excluding carboxylic acids is 1. The first kappa shape index (κ1) is 18.1. The molecule has 136 valence electrons. The fourth-order valence-corrected chi connectivity index (χ4v) is 3.56. The Morgan fingerprint density at radius 1 is 1.24 bits per heavy atom. The molecule has 1 fully saturated rings. The minimum atomic E-state index is 0.148. The number of rotatable bonds is 7. The monoisotopic (exact) mass is 343 g/mol. The molecule has 1 aromatic rings. The van der Waals surface area contributed by atoms with Gasteiger partial charge < -0.3 is 9.64 Å². The summed E-state index contributed by atoms with van der Waals surface area (Å²) >= 11 is 0. The van der Waals surface area contributed by atoms with E-state index < -0.39 is 0 Å². The summed E-state index contributed by atoms with van der Waals surface area (Å²) < 4.78 is 5.41. The van der Waals surface area contributed by atoms with Gasteiger partial charge in [0.25, 0.3) is 0 Å². The van der Waals surface area contributed by atoms with Crippen LogP contribution in [-0.2, 0) is 16.1 Å². The van der Waals surface area contributed by atoms with E-state index in [4.69, 9.17) is 4.74 Å². The van der Waals surface area contributed by atoms with E-state index in [0.717, 1.165) is 70.6 Å². The zero-order valence-corrected chi connectivity index (χ0v) is 15.0. The molecule has 0 bridgehead atoms. The minimum Gasteiger partial charge on any atom is -0.379 e. The number of morpholine rings is 1. The van der Waals surface area contributed by atoms with Crippen LogP contribution in [0.4, 0.5) is 0 Å². The first-order valence-corrected chi connectivity index (χ1v) is 9.46. The number of pyridine rings is 1. The molecule has 0 radical (unpaired) electrons. The predicted molar refractivity (Wildman–Crippen MR) is 98.0 cm³/mol. The Balaban J connectivity index is 1.57. The average Bonchev–Trinajstić information content (AvgIpc) is 2.69. The summed E-state index contributed by atoms with van der Waals surface area (Å²) in [5.74, 6) is 0.457. The molecule has 0 spiro atoms. The van der Waals surface area contributed by atoms with Crippen LogP contribution < -0.4 is 0 Å². The third-order valence-corrected chi connectivity index (χ3v) is 5.06. The van der Waals surface area contributed by atoms with Gasteiger partial charge in [-0.3, -0.25) is 14.7 Å². The Kier molecular flexibility index (Phi) is 7.00. The zero-order chi connectivity index (χ0) is 17.3. The Labute approximate surface area is 150 Å². The highest BCUT2D eigenvalue weighted by molar-refractivity contribution is 5.79. The van der Waals surface area contributed by atoms with Gasteiger partial charge in [0.15, 0.2) is 0 Å². The molecule has 0 saturated carbocycles. The van der Waals surface area contributed by atoms with Crippen molar-refractivity contribution >= 4 is 5.91 Å². The SMILES string of the molecule is O=C([C@@H]1CC=CCC1)N(CCCN1CCOCC1)Cc1ccncc1. The van der Waals surface area contributed by atoms with Gasteiger partial charge in [-0.2, -0.15) is 0 Å². The van der Waals surface area contributed by atoms with Crippen molar-refractivity contribution in [2.45, 2.75) is 32.2 Å². The molecule has 1 aromatic heterocycles. The van der Waals surface area contributed by atoms with Crippen LogP contribution in [0.15, 0.2) is 36.7 Å². The summed E-state index contributed by atoms with van der Waals surface area (Å²) in [6, 6.07) is 4.01. The first-order valence-electron chi connectivity index (χ1n) is 9.46. The number of ether oxygens (including phenoxy) is 1. The molecule has 1 amide bonds.